The molecule has 1 aromatic carbocycles. The minimum absolute atomic E-state index is 0.0200. The first-order chi connectivity index (χ1) is 7.93. The van der Waals surface area contributed by atoms with Gasteiger partial charge in [0.05, 0.1) is 23.8 Å². The van der Waals surface area contributed by atoms with Crippen molar-refractivity contribution in [3.8, 4) is 6.07 Å². The Labute approximate surface area is 98.1 Å². The Morgan fingerprint density at radius 1 is 1.35 bits per heavy atom. The maximum absolute atomic E-state index is 13.1. The zero-order chi connectivity index (χ0) is 12.6. The molecule has 1 saturated heterocycles. The Bertz CT molecular complexity index is 499. The molecular weight excluding hydrogens is 227 g/mol. The van der Waals surface area contributed by atoms with E-state index in [0.29, 0.717) is 6.61 Å². The van der Waals surface area contributed by atoms with Gasteiger partial charge in [-0.2, -0.15) is 5.26 Å². The monoisotopic (exact) mass is 237 g/mol. The highest BCUT2D eigenvalue weighted by Crippen LogP contribution is 2.20. The maximum Gasteiger partial charge on any atom is 0.495 e. The summed E-state index contributed by atoms with van der Waals surface area (Å²) in [5, 5.41) is 8.87. The lowest BCUT2D eigenvalue weighted by Gasteiger charge is -2.15. The van der Waals surface area contributed by atoms with Crippen molar-refractivity contribution in [1.82, 2.24) is 0 Å². The van der Waals surface area contributed by atoms with E-state index in [1.54, 1.807) is 6.07 Å². The van der Waals surface area contributed by atoms with Crippen LogP contribution in [0.5, 0.6) is 0 Å². The fourth-order valence-electron chi connectivity index (χ4n) is 1.64. The minimum atomic E-state index is -1.05. The predicted octanol–water partition coefficient (Wildman–Crippen LogP) is 1.36. The summed E-state index contributed by atoms with van der Waals surface area (Å²) < 4.78 is 37.0. The third-order valence-corrected chi connectivity index (χ3v) is 2.48. The van der Waals surface area contributed by atoms with Crippen molar-refractivity contribution in [3.05, 3.63) is 29.3 Å². The normalized spacial score (nSPS) is 18.2. The predicted molar refractivity (Wildman–Crippen MR) is 57.6 cm³/mol. The highest BCUT2D eigenvalue weighted by atomic mass is 19.2. The third-order valence-electron chi connectivity index (χ3n) is 2.48. The van der Waals surface area contributed by atoms with Crippen molar-refractivity contribution in [2.45, 2.75) is 19.4 Å². The van der Waals surface area contributed by atoms with Crippen LogP contribution in [0.25, 0.3) is 0 Å². The smallest absolute Gasteiger partial charge is 0.404 e. The van der Waals surface area contributed by atoms with Crippen molar-refractivity contribution in [3.63, 3.8) is 0 Å². The molecule has 0 bridgehead atoms. The zero-order valence-corrected chi connectivity index (χ0v) is 9.46. The largest absolute Gasteiger partial charge is 0.495 e. The Hall–Kier alpha value is -1.45. The molecule has 0 atom stereocenters. The number of rotatable bonds is 1. The lowest BCUT2D eigenvalue weighted by molar-refractivity contribution is 0.137. The van der Waals surface area contributed by atoms with Gasteiger partial charge in [0.25, 0.3) is 0 Å². The van der Waals surface area contributed by atoms with Crippen LogP contribution >= 0.6 is 0 Å². The second kappa shape index (κ2) is 4.10. The van der Waals surface area contributed by atoms with E-state index in [1.165, 1.54) is 0 Å². The number of benzene rings is 1. The molecule has 1 aliphatic heterocycles. The van der Waals surface area contributed by atoms with Crippen molar-refractivity contribution < 1.29 is 18.1 Å². The molecule has 6 heteroatoms. The molecule has 1 heterocycles. The van der Waals surface area contributed by atoms with Gasteiger partial charge in [0.15, 0.2) is 11.6 Å². The minimum Gasteiger partial charge on any atom is -0.404 e. The van der Waals surface area contributed by atoms with E-state index >= 15 is 0 Å². The quantitative estimate of drug-likeness (QED) is 0.692. The standard InChI is InChI=1S/C11H10BF2NO2/c1-11(2)6-16-12(17-11)8-4-10(14)9(13)3-7(8)5-15/h3-4H,6H2,1-2H3. The topological polar surface area (TPSA) is 42.2 Å². The number of hydrogen-bond donors (Lipinski definition) is 0. The van der Waals surface area contributed by atoms with Crippen molar-refractivity contribution in [2.24, 2.45) is 0 Å². The molecule has 0 aromatic heterocycles. The summed E-state index contributed by atoms with van der Waals surface area (Å²) in [5.74, 6) is -2.07. The lowest BCUT2D eigenvalue weighted by Crippen LogP contribution is -2.36. The van der Waals surface area contributed by atoms with Crippen LogP contribution in [-0.4, -0.2) is 19.3 Å². The Kier molecular flexibility index (Phi) is 2.90. The van der Waals surface area contributed by atoms with Crippen LogP contribution in [0.3, 0.4) is 0 Å². The van der Waals surface area contributed by atoms with Crippen LogP contribution in [0.1, 0.15) is 19.4 Å². The summed E-state index contributed by atoms with van der Waals surface area (Å²) in [7, 11) is -0.824. The van der Waals surface area contributed by atoms with Gasteiger partial charge in [0.2, 0.25) is 0 Å². The van der Waals surface area contributed by atoms with E-state index in [2.05, 4.69) is 0 Å². The van der Waals surface area contributed by atoms with Crippen LogP contribution in [0.4, 0.5) is 8.78 Å². The number of nitriles is 1. The molecule has 0 amide bonds. The van der Waals surface area contributed by atoms with Gasteiger partial charge in [-0.15, -0.1) is 0 Å². The molecular formula is C11H10BF2NO2. The molecule has 1 aliphatic rings. The summed E-state index contributed by atoms with van der Waals surface area (Å²) in [4.78, 5) is 0. The molecule has 0 spiro atoms. The average Bonchev–Trinajstić information content (AvgIpc) is 2.62. The van der Waals surface area contributed by atoms with Crippen molar-refractivity contribution in [1.29, 1.82) is 5.26 Å². The highest BCUT2D eigenvalue weighted by molar-refractivity contribution is 6.62. The van der Waals surface area contributed by atoms with E-state index in [0.717, 1.165) is 12.1 Å². The van der Waals surface area contributed by atoms with Gasteiger partial charge in [-0.3, -0.25) is 0 Å². The second-order valence-electron chi connectivity index (χ2n) is 4.49. The fourth-order valence-corrected chi connectivity index (χ4v) is 1.64. The molecule has 17 heavy (non-hydrogen) atoms. The van der Waals surface area contributed by atoms with E-state index in [9.17, 15) is 8.78 Å². The molecule has 1 aromatic rings. The SMILES string of the molecule is CC1(C)COB(c2cc(F)c(F)cc2C#N)O1. The van der Waals surface area contributed by atoms with Gasteiger partial charge in [-0.1, -0.05) is 0 Å². The van der Waals surface area contributed by atoms with Gasteiger partial charge in [0.1, 0.15) is 0 Å². The maximum atomic E-state index is 13.1. The van der Waals surface area contributed by atoms with Gasteiger partial charge in [-0.25, -0.2) is 8.78 Å². The Morgan fingerprint density at radius 2 is 2.00 bits per heavy atom. The zero-order valence-electron chi connectivity index (χ0n) is 9.46. The van der Waals surface area contributed by atoms with Gasteiger partial charge in [-0.05, 0) is 26.0 Å². The number of halogens is 2. The molecule has 0 N–H and O–H groups in total. The highest BCUT2D eigenvalue weighted by Gasteiger charge is 2.39. The first-order valence-corrected chi connectivity index (χ1v) is 5.11. The van der Waals surface area contributed by atoms with Gasteiger partial charge < -0.3 is 9.31 Å². The van der Waals surface area contributed by atoms with E-state index in [-0.39, 0.29) is 11.0 Å². The third kappa shape index (κ3) is 2.30. The summed E-state index contributed by atoms with van der Waals surface area (Å²) in [6.45, 7) is 3.97. The molecule has 0 saturated carbocycles. The molecule has 3 nitrogen and oxygen atoms in total. The molecule has 0 radical (unpaired) electrons. The van der Waals surface area contributed by atoms with Crippen LogP contribution in [-0.2, 0) is 9.31 Å². The molecule has 1 fully saturated rings. The fraction of sp³-hybridized carbons (Fsp3) is 0.364. The second-order valence-corrected chi connectivity index (χ2v) is 4.49. The number of hydrogen-bond acceptors (Lipinski definition) is 3. The molecule has 0 aliphatic carbocycles. The first-order valence-electron chi connectivity index (χ1n) is 5.11. The van der Waals surface area contributed by atoms with Gasteiger partial charge >= 0.3 is 7.12 Å². The van der Waals surface area contributed by atoms with E-state index < -0.39 is 24.4 Å². The average molecular weight is 237 g/mol. The summed E-state index contributed by atoms with van der Waals surface area (Å²) >= 11 is 0. The Morgan fingerprint density at radius 3 is 2.53 bits per heavy atom. The van der Waals surface area contributed by atoms with Crippen LogP contribution in [0.2, 0.25) is 0 Å². The Balaban J connectivity index is 2.40. The van der Waals surface area contributed by atoms with Gasteiger partial charge in [0, 0.05) is 5.46 Å². The summed E-state index contributed by atoms with van der Waals surface area (Å²) in [6.07, 6.45) is 0. The molecule has 0 unspecified atom stereocenters. The number of nitrogens with zero attached hydrogens (tertiary/aromatic N) is 1. The summed E-state index contributed by atoms with van der Waals surface area (Å²) in [6, 6.07) is 3.60. The molecule has 88 valence electrons. The molecule has 2 rings (SSSR count). The van der Waals surface area contributed by atoms with Crippen LogP contribution < -0.4 is 5.46 Å². The van der Waals surface area contributed by atoms with E-state index in [1.807, 2.05) is 13.8 Å². The van der Waals surface area contributed by atoms with Crippen LogP contribution in [0.15, 0.2) is 12.1 Å². The first kappa shape index (κ1) is 12.0. The van der Waals surface area contributed by atoms with Crippen LogP contribution in [0, 0.1) is 23.0 Å². The van der Waals surface area contributed by atoms with Crippen molar-refractivity contribution in [2.75, 3.05) is 6.61 Å². The summed E-state index contributed by atoms with van der Waals surface area (Å²) in [5.41, 5.74) is -0.258. The van der Waals surface area contributed by atoms with Crippen molar-refractivity contribution >= 4 is 12.6 Å². The lowest BCUT2D eigenvalue weighted by atomic mass is 9.76. The van der Waals surface area contributed by atoms with E-state index in [4.69, 9.17) is 14.6 Å².